The molecule has 0 amide bonds. The number of halogens is 3. The van der Waals surface area contributed by atoms with Gasteiger partial charge in [0.05, 0.1) is 4.92 Å². The summed E-state index contributed by atoms with van der Waals surface area (Å²) in [6.45, 7) is 3.65. The molecule has 19 heavy (non-hydrogen) atoms. The molecule has 0 radical (unpaired) electrons. The van der Waals surface area contributed by atoms with E-state index in [0.717, 1.165) is 6.07 Å². The highest BCUT2D eigenvalue weighted by molar-refractivity contribution is 5.55. The molecule has 0 aromatic heterocycles. The second kappa shape index (κ2) is 5.04. The number of hydrogen-bond donors (Lipinski definition) is 2. The maximum atomic E-state index is 12.7. The zero-order valence-corrected chi connectivity index (χ0v) is 10.4. The van der Waals surface area contributed by atoms with Crippen LogP contribution in [0.2, 0.25) is 0 Å². The minimum absolute atomic E-state index is 0.136. The van der Waals surface area contributed by atoms with Gasteiger partial charge < -0.3 is 11.1 Å². The quantitative estimate of drug-likeness (QED) is 0.655. The minimum Gasteiger partial charge on any atom is -0.383 e. The lowest BCUT2D eigenvalue weighted by Gasteiger charge is -2.20. The highest BCUT2D eigenvalue weighted by Gasteiger charge is 2.38. The van der Waals surface area contributed by atoms with Crippen LogP contribution in [0.25, 0.3) is 0 Å². The van der Waals surface area contributed by atoms with Crippen molar-refractivity contribution in [2.24, 2.45) is 5.73 Å². The lowest BCUT2D eigenvalue weighted by atomic mass is 10.1. The SMILES string of the molecule is CC(C)(N)CNc1ccc([N+](=O)[O-])c(C(F)(F)F)c1. The standard InChI is InChI=1S/C11H14F3N3O2/c1-10(2,15)6-16-7-3-4-9(17(18)19)8(5-7)11(12,13)14/h3-5,16H,6,15H2,1-2H3. The lowest BCUT2D eigenvalue weighted by Crippen LogP contribution is -2.39. The smallest absolute Gasteiger partial charge is 0.383 e. The molecule has 0 fully saturated rings. The van der Waals surface area contributed by atoms with Crippen LogP contribution in [-0.2, 0) is 6.18 Å². The summed E-state index contributed by atoms with van der Waals surface area (Å²) in [6.07, 6.45) is -4.78. The van der Waals surface area contributed by atoms with E-state index < -0.39 is 27.9 Å². The Hall–Kier alpha value is -1.83. The third kappa shape index (κ3) is 4.40. The van der Waals surface area contributed by atoms with E-state index in [1.54, 1.807) is 13.8 Å². The molecule has 0 aliphatic rings. The number of anilines is 1. The van der Waals surface area contributed by atoms with Crippen molar-refractivity contribution in [1.29, 1.82) is 0 Å². The Morgan fingerprint density at radius 1 is 1.37 bits per heavy atom. The average Bonchev–Trinajstić information content (AvgIpc) is 2.23. The Bertz CT molecular complexity index is 481. The van der Waals surface area contributed by atoms with E-state index in [2.05, 4.69) is 5.32 Å². The van der Waals surface area contributed by atoms with Gasteiger partial charge in [0, 0.05) is 23.8 Å². The summed E-state index contributed by atoms with van der Waals surface area (Å²) in [6, 6.07) is 2.76. The fourth-order valence-electron chi connectivity index (χ4n) is 1.36. The van der Waals surface area contributed by atoms with Crippen molar-refractivity contribution in [2.75, 3.05) is 11.9 Å². The lowest BCUT2D eigenvalue weighted by molar-refractivity contribution is -0.388. The average molecular weight is 277 g/mol. The number of nitrogens with zero attached hydrogens (tertiary/aromatic N) is 1. The van der Waals surface area contributed by atoms with E-state index in [0.29, 0.717) is 6.07 Å². The summed E-state index contributed by atoms with van der Waals surface area (Å²) in [7, 11) is 0. The van der Waals surface area contributed by atoms with Crippen molar-refractivity contribution >= 4 is 11.4 Å². The number of alkyl halides is 3. The molecule has 3 N–H and O–H groups in total. The molecule has 5 nitrogen and oxygen atoms in total. The van der Waals surface area contributed by atoms with Crippen molar-refractivity contribution in [3.63, 3.8) is 0 Å². The highest BCUT2D eigenvalue weighted by atomic mass is 19.4. The van der Waals surface area contributed by atoms with Gasteiger partial charge in [0.15, 0.2) is 0 Å². The molecule has 0 aliphatic carbocycles. The van der Waals surface area contributed by atoms with Gasteiger partial charge in [-0.15, -0.1) is 0 Å². The molecule has 0 heterocycles. The van der Waals surface area contributed by atoms with Crippen molar-refractivity contribution in [2.45, 2.75) is 25.6 Å². The summed E-state index contributed by atoms with van der Waals surface area (Å²) in [5.41, 5.74) is 2.97. The molecule has 1 aromatic rings. The third-order valence-electron chi connectivity index (χ3n) is 2.25. The molecule has 106 valence electrons. The zero-order valence-electron chi connectivity index (χ0n) is 10.4. The topological polar surface area (TPSA) is 81.2 Å². The Labute approximate surface area is 107 Å². The van der Waals surface area contributed by atoms with E-state index in [1.807, 2.05) is 0 Å². The predicted octanol–water partition coefficient (Wildman–Crippen LogP) is 2.76. The Kier molecular flexibility index (Phi) is 4.04. The van der Waals surface area contributed by atoms with Crippen LogP contribution in [0.15, 0.2) is 18.2 Å². The van der Waals surface area contributed by atoms with Crippen molar-refractivity contribution in [1.82, 2.24) is 0 Å². The van der Waals surface area contributed by atoms with Gasteiger partial charge in [-0.05, 0) is 26.0 Å². The van der Waals surface area contributed by atoms with Crippen LogP contribution >= 0.6 is 0 Å². The van der Waals surface area contributed by atoms with Gasteiger partial charge in [0.25, 0.3) is 5.69 Å². The maximum Gasteiger partial charge on any atom is 0.423 e. The molecule has 0 unspecified atom stereocenters. The molecule has 0 saturated heterocycles. The van der Waals surface area contributed by atoms with Gasteiger partial charge in [-0.2, -0.15) is 13.2 Å². The van der Waals surface area contributed by atoms with Gasteiger partial charge in [-0.25, -0.2) is 0 Å². The molecule has 8 heteroatoms. The summed E-state index contributed by atoms with van der Waals surface area (Å²) in [5, 5.41) is 13.3. The second-order valence-corrected chi connectivity index (χ2v) is 4.83. The number of nitrogens with two attached hydrogens (primary N) is 1. The van der Waals surface area contributed by atoms with Gasteiger partial charge in [-0.3, -0.25) is 10.1 Å². The zero-order chi connectivity index (χ0) is 14.8. The third-order valence-corrected chi connectivity index (χ3v) is 2.25. The number of hydrogen-bond acceptors (Lipinski definition) is 4. The second-order valence-electron chi connectivity index (χ2n) is 4.83. The molecule has 1 aromatic carbocycles. The first-order chi connectivity index (χ1) is 8.50. The maximum absolute atomic E-state index is 12.7. The molecule has 0 aliphatic heterocycles. The van der Waals surface area contributed by atoms with Crippen LogP contribution in [0.4, 0.5) is 24.5 Å². The highest BCUT2D eigenvalue weighted by Crippen LogP contribution is 2.37. The number of benzene rings is 1. The molecule has 1 rings (SSSR count). The number of nitro benzene ring substituents is 1. The number of nitro groups is 1. The van der Waals surface area contributed by atoms with E-state index >= 15 is 0 Å². The first kappa shape index (κ1) is 15.2. The molecule has 0 spiro atoms. The molecule has 0 atom stereocenters. The van der Waals surface area contributed by atoms with Crippen LogP contribution in [-0.4, -0.2) is 17.0 Å². The van der Waals surface area contributed by atoms with Gasteiger partial charge >= 0.3 is 6.18 Å². The summed E-state index contributed by atoms with van der Waals surface area (Å²) in [4.78, 5) is 9.51. The fourth-order valence-corrected chi connectivity index (χ4v) is 1.36. The van der Waals surface area contributed by atoms with Crippen LogP contribution in [0.3, 0.4) is 0 Å². The van der Waals surface area contributed by atoms with Crippen LogP contribution in [0, 0.1) is 10.1 Å². The summed E-state index contributed by atoms with van der Waals surface area (Å²) < 4.78 is 38.1. The molecular weight excluding hydrogens is 263 g/mol. The van der Waals surface area contributed by atoms with E-state index in [9.17, 15) is 23.3 Å². The Balaban J connectivity index is 3.09. The Morgan fingerprint density at radius 3 is 2.37 bits per heavy atom. The van der Waals surface area contributed by atoms with E-state index in [4.69, 9.17) is 5.73 Å². The Morgan fingerprint density at radius 2 is 1.95 bits per heavy atom. The molecular formula is C11H14F3N3O2. The largest absolute Gasteiger partial charge is 0.423 e. The summed E-state index contributed by atoms with van der Waals surface area (Å²) in [5.74, 6) is 0. The van der Waals surface area contributed by atoms with Crippen molar-refractivity contribution < 1.29 is 18.1 Å². The number of rotatable bonds is 4. The van der Waals surface area contributed by atoms with Crippen molar-refractivity contribution in [3.05, 3.63) is 33.9 Å². The molecule has 0 saturated carbocycles. The fraction of sp³-hybridized carbons (Fsp3) is 0.455. The van der Waals surface area contributed by atoms with Crippen molar-refractivity contribution in [3.8, 4) is 0 Å². The normalized spacial score (nSPS) is 12.3. The first-order valence-electron chi connectivity index (χ1n) is 5.39. The van der Waals surface area contributed by atoms with Crippen LogP contribution in [0.1, 0.15) is 19.4 Å². The number of nitrogens with one attached hydrogen (secondary N) is 1. The molecule has 0 bridgehead atoms. The van der Waals surface area contributed by atoms with Gasteiger partial charge in [-0.1, -0.05) is 0 Å². The first-order valence-corrected chi connectivity index (χ1v) is 5.39. The van der Waals surface area contributed by atoms with E-state index in [-0.39, 0.29) is 12.2 Å². The predicted molar refractivity (Wildman–Crippen MR) is 64.9 cm³/mol. The van der Waals surface area contributed by atoms with Crippen LogP contribution in [0.5, 0.6) is 0 Å². The van der Waals surface area contributed by atoms with Crippen LogP contribution < -0.4 is 11.1 Å². The minimum atomic E-state index is -4.78. The monoisotopic (exact) mass is 277 g/mol. The van der Waals surface area contributed by atoms with Gasteiger partial charge in [0.2, 0.25) is 0 Å². The van der Waals surface area contributed by atoms with E-state index in [1.165, 1.54) is 6.07 Å². The summed E-state index contributed by atoms with van der Waals surface area (Å²) >= 11 is 0. The van der Waals surface area contributed by atoms with Gasteiger partial charge in [0.1, 0.15) is 5.56 Å².